The summed E-state index contributed by atoms with van der Waals surface area (Å²) in [5.74, 6) is 1.47. The second-order valence-electron chi connectivity index (χ2n) is 5.11. The molecule has 0 unspecified atom stereocenters. The number of methoxy groups -OCH3 is 1. The molecule has 2 N–H and O–H groups in total. The average Bonchev–Trinajstić information content (AvgIpc) is 2.78. The van der Waals surface area contributed by atoms with Crippen LogP contribution in [0.4, 0.5) is 5.69 Å². The van der Waals surface area contributed by atoms with Gasteiger partial charge in [0.25, 0.3) is 0 Å². The number of anilines is 1. The number of hydrogen-bond donors (Lipinski definition) is 1. The molecule has 4 heteroatoms. The van der Waals surface area contributed by atoms with Gasteiger partial charge in [-0.15, -0.1) is 0 Å². The third-order valence-electron chi connectivity index (χ3n) is 3.07. The third-order valence-corrected chi connectivity index (χ3v) is 3.07. The Bertz CT molecular complexity index is 546. The van der Waals surface area contributed by atoms with E-state index in [0.29, 0.717) is 11.6 Å². The zero-order valence-electron chi connectivity index (χ0n) is 11.8. The molecule has 1 heterocycles. The second-order valence-corrected chi connectivity index (χ2v) is 5.11. The summed E-state index contributed by atoms with van der Waals surface area (Å²) in [7, 11) is 1.66. The van der Waals surface area contributed by atoms with E-state index in [1.807, 2.05) is 35.1 Å². The normalized spacial score (nSPS) is 10.9. The Kier molecular flexibility index (Phi) is 4.10. The van der Waals surface area contributed by atoms with Crippen molar-refractivity contribution < 1.29 is 4.74 Å². The Balaban J connectivity index is 2.24. The smallest absolute Gasteiger partial charge is 0.119 e. The maximum Gasteiger partial charge on any atom is 0.119 e. The third kappa shape index (κ3) is 3.28. The Morgan fingerprint density at radius 1 is 1.37 bits per heavy atom. The van der Waals surface area contributed by atoms with E-state index in [0.717, 1.165) is 30.0 Å². The van der Waals surface area contributed by atoms with Crippen LogP contribution in [0.3, 0.4) is 0 Å². The first-order valence-electron chi connectivity index (χ1n) is 6.57. The van der Waals surface area contributed by atoms with Crippen molar-refractivity contribution in [3.63, 3.8) is 0 Å². The molecule has 0 saturated heterocycles. The highest BCUT2D eigenvalue weighted by Crippen LogP contribution is 2.27. The number of aromatic nitrogens is 2. The van der Waals surface area contributed by atoms with Gasteiger partial charge in [0.1, 0.15) is 11.4 Å². The van der Waals surface area contributed by atoms with Crippen LogP contribution in [0.1, 0.15) is 20.3 Å². The summed E-state index contributed by atoms with van der Waals surface area (Å²) in [6.07, 6.45) is 3.00. The molecule has 0 aliphatic carbocycles. The van der Waals surface area contributed by atoms with E-state index in [-0.39, 0.29) is 0 Å². The van der Waals surface area contributed by atoms with Crippen molar-refractivity contribution in [1.29, 1.82) is 0 Å². The molecule has 0 fully saturated rings. The Hall–Kier alpha value is -1.97. The number of nitrogens with zero attached hydrogens (tertiary/aromatic N) is 2. The van der Waals surface area contributed by atoms with Gasteiger partial charge in [0.2, 0.25) is 0 Å². The molecule has 102 valence electrons. The fraction of sp³-hybridized carbons (Fsp3) is 0.400. The van der Waals surface area contributed by atoms with E-state index in [2.05, 4.69) is 18.9 Å². The van der Waals surface area contributed by atoms with Gasteiger partial charge in [0.15, 0.2) is 0 Å². The van der Waals surface area contributed by atoms with Crippen LogP contribution in [0.25, 0.3) is 11.3 Å². The van der Waals surface area contributed by atoms with E-state index in [9.17, 15) is 0 Å². The summed E-state index contributed by atoms with van der Waals surface area (Å²) in [5, 5.41) is 4.56. The summed E-state index contributed by atoms with van der Waals surface area (Å²) in [5.41, 5.74) is 8.56. The molecule has 2 rings (SSSR count). The summed E-state index contributed by atoms with van der Waals surface area (Å²) in [6.45, 7) is 5.30. The van der Waals surface area contributed by atoms with E-state index in [1.165, 1.54) is 0 Å². The largest absolute Gasteiger partial charge is 0.497 e. The predicted octanol–water partition coefficient (Wildman–Crippen LogP) is 3.19. The second kappa shape index (κ2) is 5.78. The maximum absolute atomic E-state index is 6.05. The first-order valence-corrected chi connectivity index (χ1v) is 6.57. The van der Waals surface area contributed by atoms with E-state index in [4.69, 9.17) is 10.5 Å². The lowest BCUT2D eigenvalue weighted by Gasteiger charge is -2.04. The highest BCUT2D eigenvalue weighted by molar-refractivity contribution is 5.72. The van der Waals surface area contributed by atoms with Crippen LogP contribution < -0.4 is 10.5 Å². The summed E-state index contributed by atoms with van der Waals surface area (Å²) in [4.78, 5) is 0. The molecule has 19 heavy (non-hydrogen) atoms. The molecule has 1 aromatic heterocycles. The van der Waals surface area contributed by atoms with Gasteiger partial charge in [-0.25, -0.2) is 0 Å². The predicted molar refractivity (Wildman–Crippen MR) is 78.1 cm³/mol. The molecular formula is C15H21N3O. The lowest BCUT2D eigenvalue weighted by Crippen LogP contribution is -2.02. The highest BCUT2D eigenvalue weighted by atomic mass is 16.5. The summed E-state index contributed by atoms with van der Waals surface area (Å²) >= 11 is 0. The van der Waals surface area contributed by atoms with Crippen molar-refractivity contribution >= 4 is 5.69 Å². The quantitative estimate of drug-likeness (QED) is 0.897. The van der Waals surface area contributed by atoms with Crippen LogP contribution in [0.5, 0.6) is 5.75 Å². The monoisotopic (exact) mass is 259 g/mol. The fourth-order valence-corrected chi connectivity index (χ4v) is 1.94. The van der Waals surface area contributed by atoms with E-state index >= 15 is 0 Å². The van der Waals surface area contributed by atoms with Crippen molar-refractivity contribution in [3.8, 4) is 17.0 Å². The van der Waals surface area contributed by atoms with Gasteiger partial charge < -0.3 is 10.5 Å². The van der Waals surface area contributed by atoms with Crippen molar-refractivity contribution in [3.05, 3.63) is 30.5 Å². The lowest BCUT2D eigenvalue weighted by molar-refractivity contribution is 0.415. The van der Waals surface area contributed by atoms with Gasteiger partial charge in [-0.3, -0.25) is 4.68 Å². The van der Waals surface area contributed by atoms with E-state index in [1.54, 1.807) is 7.11 Å². The molecule has 0 spiro atoms. The number of benzene rings is 1. The number of ether oxygens (including phenoxy) is 1. The van der Waals surface area contributed by atoms with Gasteiger partial charge >= 0.3 is 0 Å². The number of aryl methyl sites for hydroxylation is 1. The van der Waals surface area contributed by atoms with Gasteiger partial charge in [-0.05, 0) is 24.5 Å². The number of nitrogen functional groups attached to an aromatic ring is 1. The molecule has 0 aliphatic heterocycles. The van der Waals surface area contributed by atoms with Crippen molar-refractivity contribution in [2.45, 2.75) is 26.8 Å². The molecule has 4 nitrogen and oxygen atoms in total. The van der Waals surface area contributed by atoms with Crippen molar-refractivity contribution in [1.82, 2.24) is 9.78 Å². The van der Waals surface area contributed by atoms with Gasteiger partial charge in [0.05, 0.1) is 12.8 Å². The van der Waals surface area contributed by atoms with Gasteiger partial charge in [0, 0.05) is 18.3 Å². The molecule has 0 bridgehead atoms. The van der Waals surface area contributed by atoms with Crippen LogP contribution >= 0.6 is 0 Å². The number of nitrogens with two attached hydrogens (primary N) is 1. The standard InChI is InChI=1S/C15H21N3O/c1-11(2)7-8-18-10-14(16)15(17-18)12-5-4-6-13(9-12)19-3/h4-6,9-11H,7-8,16H2,1-3H3. The molecule has 0 radical (unpaired) electrons. The fourth-order valence-electron chi connectivity index (χ4n) is 1.94. The van der Waals surface area contributed by atoms with Crippen LogP contribution in [0.15, 0.2) is 30.5 Å². The zero-order chi connectivity index (χ0) is 13.8. The highest BCUT2D eigenvalue weighted by Gasteiger charge is 2.09. The average molecular weight is 259 g/mol. The lowest BCUT2D eigenvalue weighted by atomic mass is 10.1. The summed E-state index contributed by atoms with van der Waals surface area (Å²) in [6, 6.07) is 7.80. The first-order chi connectivity index (χ1) is 9.10. The Morgan fingerprint density at radius 3 is 2.84 bits per heavy atom. The minimum absolute atomic E-state index is 0.658. The molecule has 0 saturated carbocycles. The molecular weight excluding hydrogens is 238 g/mol. The minimum atomic E-state index is 0.658. The Morgan fingerprint density at radius 2 is 2.16 bits per heavy atom. The minimum Gasteiger partial charge on any atom is -0.497 e. The maximum atomic E-state index is 6.05. The molecule has 0 aliphatic rings. The number of hydrogen-bond acceptors (Lipinski definition) is 3. The molecule has 1 aromatic carbocycles. The van der Waals surface area contributed by atoms with Gasteiger partial charge in [-0.2, -0.15) is 5.10 Å². The van der Waals surface area contributed by atoms with Crippen molar-refractivity contribution in [2.75, 3.05) is 12.8 Å². The zero-order valence-corrected chi connectivity index (χ0v) is 11.8. The molecule has 0 amide bonds. The Labute approximate surface area is 114 Å². The summed E-state index contributed by atoms with van der Waals surface area (Å²) < 4.78 is 7.15. The van der Waals surface area contributed by atoms with E-state index < -0.39 is 0 Å². The van der Waals surface area contributed by atoms with Crippen LogP contribution in [-0.4, -0.2) is 16.9 Å². The van der Waals surface area contributed by atoms with Crippen LogP contribution in [0, 0.1) is 5.92 Å². The first kappa shape index (κ1) is 13.5. The SMILES string of the molecule is COc1cccc(-c2nn(CCC(C)C)cc2N)c1. The van der Waals surface area contributed by atoms with Crippen LogP contribution in [0.2, 0.25) is 0 Å². The number of rotatable bonds is 5. The topological polar surface area (TPSA) is 53.1 Å². The molecule has 2 aromatic rings. The van der Waals surface area contributed by atoms with Crippen LogP contribution in [-0.2, 0) is 6.54 Å². The molecule has 0 atom stereocenters. The van der Waals surface area contributed by atoms with Crippen molar-refractivity contribution in [2.24, 2.45) is 5.92 Å². The van der Waals surface area contributed by atoms with Gasteiger partial charge in [-0.1, -0.05) is 26.0 Å².